The number of nitrogens with two attached hydrogens (primary N) is 1. The lowest BCUT2D eigenvalue weighted by Crippen LogP contribution is -2.42. The van der Waals surface area contributed by atoms with Crippen LogP contribution in [0.5, 0.6) is 0 Å². The van der Waals surface area contributed by atoms with Crippen LogP contribution in [0.4, 0.5) is 15.8 Å². The molecule has 1 aromatic carbocycles. The number of thiophene rings is 1. The first-order chi connectivity index (χ1) is 22.2. The topological polar surface area (TPSA) is 155 Å². The number of amides is 2. The molecule has 5 rings (SSSR count). The standard InChI is InChI=1S/C33H36FN9O2S/c1-3-43(24-5-6-26(36)25(16-24)32(37)27-7-4-23(34)18-39-27)33(45)22-10-13-41(19-22)20-31(44)42-14-11-21(12-15-42)29-8-9-30(46-29)28(17-35)40-38-2/h4-9,11,16,18,22,37-38H,3,10,12-15,19-20,36H2,1-2H3/b37-32?,40-28+/t22-/m1/s1. The van der Waals surface area contributed by atoms with Crippen molar-refractivity contribution in [3.63, 3.8) is 0 Å². The summed E-state index contributed by atoms with van der Waals surface area (Å²) < 4.78 is 13.4. The maximum Gasteiger partial charge on any atom is 0.237 e. The molecule has 0 aliphatic carbocycles. The summed E-state index contributed by atoms with van der Waals surface area (Å²) in [4.78, 5) is 38.3. The Labute approximate surface area is 271 Å². The van der Waals surface area contributed by atoms with Gasteiger partial charge in [0.25, 0.3) is 0 Å². The fraction of sp³-hybridized carbons (Fsp3) is 0.333. The van der Waals surface area contributed by atoms with Crippen LogP contribution in [0.15, 0.2) is 59.8 Å². The van der Waals surface area contributed by atoms with Crippen molar-refractivity contribution in [1.82, 2.24) is 20.2 Å². The molecule has 0 bridgehead atoms. The lowest BCUT2D eigenvalue weighted by atomic mass is 10.0. The summed E-state index contributed by atoms with van der Waals surface area (Å²) in [5, 5.41) is 21.9. The molecule has 0 unspecified atom stereocenters. The van der Waals surface area contributed by atoms with Crippen LogP contribution in [-0.2, 0) is 9.59 Å². The molecule has 1 saturated heterocycles. The Kier molecular flexibility index (Phi) is 10.2. The third-order valence-electron chi connectivity index (χ3n) is 8.21. The van der Waals surface area contributed by atoms with Crippen molar-refractivity contribution in [2.45, 2.75) is 19.8 Å². The zero-order valence-corrected chi connectivity index (χ0v) is 26.6. The molecule has 238 valence electrons. The molecular formula is C33H36FN9O2S. The Bertz CT molecular complexity index is 1730. The second-order valence-corrected chi connectivity index (χ2v) is 12.2. The molecule has 4 N–H and O–H groups in total. The highest BCUT2D eigenvalue weighted by Crippen LogP contribution is 2.30. The second kappa shape index (κ2) is 14.4. The van der Waals surface area contributed by atoms with Gasteiger partial charge in [0.2, 0.25) is 11.8 Å². The average molecular weight is 642 g/mol. The molecule has 2 aliphatic rings. The van der Waals surface area contributed by atoms with Gasteiger partial charge in [0.1, 0.15) is 11.9 Å². The smallest absolute Gasteiger partial charge is 0.237 e. The van der Waals surface area contributed by atoms with Gasteiger partial charge in [0, 0.05) is 55.0 Å². The summed E-state index contributed by atoms with van der Waals surface area (Å²) >= 11 is 1.51. The van der Waals surface area contributed by atoms with Gasteiger partial charge in [0.05, 0.1) is 34.9 Å². The Hall–Kier alpha value is -4.93. The highest BCUT2D eigenvalue weighted by molar-refractivity contribution is 7.15. The molecule has 13 heteroatoms. The minimum atomic E-state index is -0.494. The molecule has 2 aromatic heterocycles. The second-order valence-electron chi connectivity index (χ2n) is 11.1. The zero-order valence-electron chi connectivity index (χ0n) is 25.8. The molecule has 1 fully saturated rings. The fourth-order valence-electron chi connectivity index (χ4n) is 5.75. The minimum Gasteiger partial charge on any atom is -0.398 e. The number of carbonyl (C=O) groups is 2. The normalized spacial score (nSPS) is 16.9. The van der Waals surface area contributed by atoms with Gasteiger partial charge in [-0.15, -0.1) is 11.3 Å². The average Bonchev–Trinajstić information content (AvgIpc) is 3.75. The zero-order chi connectivity index (χ0) is 32.8. The van der Waals surface area contributed by atoms with Crippen LogP contribution in [0.2, 0.25) is 0 Å². The number of hydrazone groups is 1. The Morgan fingerprint density at radius 3 is 2.76 bits per heavy atom. The summed E-state index contributed by atoms with van der Waals surface area (Å²) in [6.07, 6.45) is 4.49. The van der Waals surface area contributed by atoms with Crippen LogP contribution in [-0.4, -0.2) is 84.3 Å². The number of nitrogens with zero attached hydrogens (tertiary/aromatic N) is 6. The number of nitriles is 1. The molecule has 11 nitrogen and oxygen atoms in total. The first kappa shape index (κ1) is 32.5. The number of pyridine rings is 1. The number of rotatable bonds is 10. The summed E-state index contributed by atoms with van der Waals surface area (Å²) in [5.41, 5.74) is 12.0. The minimum absolute atomic E-state index is 0.0339. The van der Waals surface area contributed by atoms with E-state index in [-0.39, 0.29) is 35.7 Å². The van der Waals surface area contributed by atoms with Gasteiger partial charge >= 0.3 is 0 Å². The highest BCUT2D eigenvalue weighted by Gasteiger charge is 2.33. The largest absolute Gasteiger partial charge is 0.398 e. The molecule has 1 atom stereocenters. The molecule has 0 spiro atoms. The first-order valence-electron chi connectivity index (χ1n) is 15.1. The van der Waals surface area contributed by atoms with E-state index in [0.717, 1.165) is 27.9 Å². The number of nitrogen functional groups attached to an aromatic ring is 1. The van der Waals surface area contributed by atoms with Crippen molar-refractivity contribution >= 4 is 51.5 Å². The number of benzene rings is 1. The Morgan fingerprint density at radius 1 is 1.26 bits per heavy atom. The maximum atomic E-state index is 13.7. The van der Waals surface area contributed by atoms with Crippen molar-refractivity contribution in [2.24, 2.45) is 11.0 Å². The van der Waals surface area contributed by atoms with E-state index in [2.05, 4.69) is 27.7 Å². The van der Waals surface area contributed by atoms with E-state index in [1.807, 2.05) is 28.9 Å². The highest BCUT2D eigenvalue weighted by atomic mass is 32.1. The maximum absolute atomic E-state index is 13.7. The summed E-state index contributed by atoms with van der Waals surface area (Å²) in [6, 6.07) is 13.8. The first-order valence-corrected chi connectivity index (χ1v) is 15.9. The van der Waals surface area contributed by atoms with Crippen molar-refractivity contribution in [2.75, 3.05) is 56.9 Å². The number of hydrogen-bond acceptors (Lipinski definition) is 10. The van der Waals surface area contributed by atoms with Crippen molar-refractivity contribution < 1.29 is 14.0 Å². The van der Waals surface area contributed by atoms with E-state index in [0.29, 0.717) is 61.8 Å². The van der Waals surface area contributed by atoms with Crippen LogP contribution in [0, 0.1) is 28.5 Å². The van der Waals surface area contributed by atoms with E-state index < -0.39 is 5.82 Å². The summed E-state index contributed by atoms with van der Waals surface area (Å²) in [5.74, 6) is -0.768. The molecule has 46 heavy (non-hydrogen) atoms. The van der Waals surface area contributed by atoms with Gasteiger partial charge in [-0.3, -0.25) is 24.9 Å². The molecule has 2 aliphatic heterocycles. The van der Waals surface area contributed by atoms with Gasteiger partial charge < -0.3 is 21.0 Å². The number of hydrogen-bond donors (Lipinski definition) is 3. The molecule has 0 saturated carbocycles. The van der Waals surface area contributed by atoms with Crippen LogP contribution < -0.4 is 16.1 Å². The number of halogens is 1. The van der Waals surface area contributed by atoms with Gasteiger partial charge in [-0.25, -0.2) is 4.39 Å². The molecule has 2 amide bonds. The number of likely N-dealkylation sites (tertiary alicyclic amines) is 1. The monoisotopic (exact) mass is 641 g/mol. The third-order valence-corrected chi connectivity index (χ3v) is 9.38. The quantitative estimate of drug-likeness (QED) is 0.173. The van der Waals surface area contributed by atoms with Crippen LogP contribution in [0.1, 0.15) is 40.8 Å². The van der Waals surface area contributed by atoms with Crippen LogP contribution >= 0.6 is 11.3 Å². The number of carbonyl (C=O) groups excluding carboxylic acids is 2. The van der Waals surface area contributed by atoms with Gasteiger partial charge in [0.15, 0.2) is 5.71 Å². The van der Waals surface area contributed by atoms with E-state index in [9.17, 15) is 19.2 Å². The molecule has 4 heterocycles. The lowest BCUT2D eigenvalue weighted by Gasteiger charge is -2.28. The van der Waals surface area contributed by atoms with Crippen molar-refractivity contribution in [3.05, 3.63) is 81.6 Å². The van der Waals surface area contributed by atoms with E-state index in [1.165, 1.54) is 23.5 Å². The summed E-state index contributed by atoms with van der Waals surface area (Å²) in [6.45, 7) is 4.82. The Morgan fingerprint density at radius 2 is 2.09 bits per heavy atom. The molecule has 3 aromatic rings. The van der Waals surface area contributed by atoms with Gasteiger partial charge in [-0.1, -0.05) is 6.08 Å². The van der Waals surface area contributed by atoms with E-state index >= 15 is 0 Å². The predicted octanol–water partition coefficient (Wildman–Crippen LogP) is 3.72. The SMILES string of the molecule is CCN(C(=O)[C@@H]1CCN(CC(=O)N2CC=C(c3ccc(/C(C#N)=N/NC)s3)CC2)C1)c1ccc(N)c(C(=N)c2ccc(F)cn2)c1. The number of nitrogens with one attached hydrogen (secondary N) is 2. The molecular weight excluding hydrogens is 605 g/mol. The van der Waals surface area contributed by atoms with Crippen LogP contribution in [0.3, 0.4) is 0 Å². The fourth-order valence-corrected chi connectivity index (χ4v) is 6.76. The van der Waals surface area contributed by atoms with Gasteiger partial charge in [-0.05, 0) is 74.3 Å². The summed E-state index contributed by atoms with van der Waals surface area (Å²) in [7, 11) is 1.66. The number of aromatic nitrogens is 1. The van der Waals surface area contributed by atoms with E-state index in [4.69, 9.17) is 11.1 Å². The number of anilines is 2. The molecule has 0 radical (unpaired) electrons. The van der Waals surface area contributed by atoms with Crippen LogP contribution in [0.25, 0.3) is 5.57 Å². The van der Waals surface area contributed by atoms with Crippen molar-refractivity contribution in [3.8, 4) is 6.07 Å². The third kappa shape index (κ3) is 7.14. The van der Waals surface area contributed by atoms with E-state index in [1.54, 1.807) is 30.1 Å². The Balaban J connectivity index is 1.18. The predicted molar refractivity (Wildman–Crippen MR) is 178 cm³/mol. The lowest BCUT2D eigenvalue weighted by molar-refractivity contribution is -0.132. The van der Waals surface area contributed by atoms with Crippen molar-refractivity contribution in [1.29, 1.82) is 10.7 Å². The van der Waals surface area contributed by atoms with Gasteiger partial charge in [-0.2, -0.15) is 10.4 Å².